The zero-order valence-electron chi connectivity index (χ0n) is 15.2. The molecule has 0 bridgehead atoms. The minimum absolute atomic E-state index is 0. The highest BCUT2D eigenvalue weighted by Gasteiger charge is 2.11. The van der Waals surface area contributed by atoms with Crippen molar-refractivity contribution in [1.82, 2.24) is 24.2 Å². The first kappa shape index (κ1) is 19.8. The van der Waals surface area contributed by atoms with Crippen LogP contribution < -0.4 is 5.56 Å². The van der Waals surface area contributed by atoms with Crippen LogP contribution in [-0.4, -0.2) is 43.9 Å². The smallest absolute Gasteiger partial charge is 0.266 e. The number of imidazole rings is 1. The number of halogens is 1. The molecule has 0 N–H and O–H groups in total. The first-order valence-corrected chi connectivity index (χ1v) is 9.95. The molecular formula is C19H24ClN5OS. The van der Waals surface area contributed by atoms with Crippen molar-refractivity contribution in [2.24, 2.45) is 0 Å². The number of thiophene rings is 1. The molecule has 0 aliphatic carbocycles. The highest BCUT2D eigenvalue weighted by molar-refractivity contribution is 7.15. The molecule has 4 rings (SSSR count). The van der Waals surface area contributed by atoms with Gasteiger partial charge in [-0.05, 0) is 44.1 Å². The lowest BCUT2D eigenvalue weighted by Crippen LogP contribution is -2.35. The maximum Gasteiger partial charge on any atom is 0.266 e. The van der Waals surface area contributed by atoms with E-state index in [2.05, 4.69) is 27.1 Å². The van der Waals surface area contributed by atoms with Crippen LogP contribution >= 0.6 is 23.7 Å². The van der Waals surface area contributed by atoms with Crippen molar-refractivity contribution in [1.29, 1.82) is 0 Å². The van der Waals surface area contributed by atoms with Gasteiger partial charge in [-0.15, -0.1) is 23.7 Å². The molecule has 0 unspecified atom stereocenters. The van der Waals surface area contributed by atoms with Crippen LogP contribution in [-0.2, 0) is 13.1 Å². The lowest BCUT2D eigenvalue weighted by Gasteiger charge is -2.26. The summed E-state index contributed by atoms with van der Waals surface area (Å²) in [5, 5.41) is 4.61. The lowest BCUT2D eigenvalue weighted by atomic mass is 10.1. The Morgan fingerprint density at radius 3 is 2.67 bits per heavy atom. The van der Waals surface area contributed by atoms with E-state index in [9.17, 15) is 4.79 Å². The molecule has 1 fully saturated rings. The molecule has 1 aliphatic rings. The van der Waals surface area contributed by atoms with E-state index in [4.69, 9.17) is 0 Å². The third kappa shape index (κ3) is 5.06. The number of nitrogens with zero attached hydrogens (tertiary/aromatic N) is 5. The van der Waals surface area contributed by atoms with Gasteiger partial charge in [0.05, 0.1) is 24.3 Å². The molecule has 4 heterocycles. The normalized spacial score (nSPS) is 14.8. The van der Waals surface area contributed by atoms with Gasteiger partial charge in [0.1, 0.15) is 5.69 Å². The number of hydrogen-bond acceptors (Lipinski definition) is 5. The zero-order valence-corrected chi connectivity index (χ0v) is 16.8. The van der Waals surface area contributed by atoms with E-state index in [0.29, 0.717) is 6.54 Å². The SMILES string of the molecule is Cl.O=c1ccc(-c2ccc(Cn3ccnc3)s2)nn1CCN1CCCCC1. The molecule has 0 spiro atoms. The van der Waals surface area contributed by atoms with Gasteiger partial charge in [-0.25, -0.2) is 9.67 Å². The Labute approximate surface area is 168 Å². The van der Waals surface area contributed by atoms with Gasteiger partial charge in [-0.1, -0.05) is 6.42 Å². The van der Waals surface area contributed by atoms with Crippen LogP contribution in [0.1, 0.15) is 24.1 Å². The van der Waals surface area contributed by atoms with E-state index in [-0.39, 0.29) is 18.0 Å². The van der Waals surface area contributed by atoms with Crippen LogP contribution in [0.5, 0.6) is 0 Å². The summed E-state index contributed by atoms with van der Waals surface area (Å²) in [5.74, 6) is 0. The Morgan fingerprint density at radius 1 is 1.04 bits per heavy atom. The van der Waals surface area contributed by atoms with Crippen LogP contribution in [0.4, 0.5) is 0 Å². The van der Waals surface area contributed by atoms with Gasteiger partial charge in [-0.2, -0.15) is 5.10 Å². The van der Waals surface area contributed by atoms with Gasteiger partial charge < -0.3 is 9.47 Å². The number of rotatable bonds is 6. The second-order valence-electron chi connectivity index (χ2n) is 6.68. The van der Waals surface area contributed by atoms with Crippen LogP contribution in [0.2, 0.25) is 0 Å². The highest BCUT2D eigenvalue weighted by atomic mass is 35.5. The molecule has 27 heavy (non-hydrogen) atoms. The van der Waals surface area contributed by atoms with Crippen molar-refractivity contribution in [2.45, 2.75) is 32.4 Å². The van der Waals surface area contributed by atoms with Gasteiger partial charge >= 0.3 is 0 Å². The van der Waals surface area contributed by atoms with Crippen LogP contribution in [0.15, 0.2) is 47.8 Å². The molecule has 0 saturated carbocycles. The molecule has 1 saturated heterocycles. The Balaban J connectivity index is 0.00000210. The van der Waals surface area contributed by atoms with Crippen molar-refractivity contribution in [3.63, 3.8) is 0 Å². The quantitative estimate of drug-likeness (QED) is 0.632. The van der Waals surface area contributed by atoms with Crippen molar-refractivity contribution >= 4 is 23.7 Å². The molecule has 0 radical (unpaired) electrons. The largest absolute Gasteiger partial charge is 0.332 e. The summed E-state index contributed by atoms with van der Waals surface area (Å²) < 4.78 is 3.65. The van der Waals surface area contributed by atoms with E-state index in [1.54, 1.807) is 28.3 Å². The van der Waals surface area contributed by atoms with E-state index < -0.39 is 0 Å². The van der Waals surface area contributed by atoms with Crippen molar-refractivity contribution in [3.05, 3.63) is 58.2 Å². The van der Waals surface area contributed by atoms with Gasteiger partial charge in [0.15, 0.2) is 0 Å². The second-order valence-corrected chi connectivity index (χ2v) is 7.85. The fourth-order valence-corrected chi connectivity index (χ4v) is 4.30. The minimum Gasteiger partial charge on any atom is -0.332 e. The summed E-state index contributed by atoms with van der Waals surface area (Å²) in [6.45, 7) is 4.62. The third-order valence-corrected chi connectivity index (χ3v) is 5.85. The summed E-state index contributed by atoms with van der Waals surface area (Å²) in [6, 6.07) is 7.66. The molecule has 3 aromatic heterocycles. The number of likely N-dealkylation sites (tertiary alicyclic amines) is 1. The average molecular weight is 406 g/mol. The predicted octanol–water partition coefficient (Wildman–Crippen LogP) is 3.12. The predicted molar refractivity (Wildman–Crippen MR) is 111 cm³/mol. The highest BCUT2D eigenvalue weighted by Crippen LogP contribution is 2.26. The van der Waals surface area contributed by atoms with Gasteiger partial charge in [0.2, 0.25) is 0 Å². The van der Waals surface area contributed by atoms with Crippen molar-refractivity contribution in [2.75, 3.05) is 19.6 Å². The topological polar surface area (TPSA) is 56.0 Å². The van der Waals surface area contributed by atoms with Crippen molar-refractivity contribution in [3.8, 4) is 10.6 Å². The van der Waals surface area contributed by atoms with Gasteiger partial charge in [0.25, 0.3) is 5.56 Å². The number of hydrogen-bond donors (Lipinski definition) is 0. The molecule has 6 nitrogen and oxygen atoms in total. The summed E-state index contributed by atoms with van der Waals surface area (Å²) in [4.78, 5) is 21.0. The second kappa shape index (κ2) is 9.30. The average Bonchev–Trinajstić information content (AvgIpc) is 3.35. The van der Waals surface area contributed by atoms with Crippen molar-refractivity contribution < 1.29 is 0 Å². The Hall–Kier alpha value is -1.96. The molecule has 144 valence electrons. The standard InChI is InChI=1S/C19H23N5OS.ClH/c25-19-7-5-17(21-24(19)13-12-22-9-2-1-3-10-22)18-6-4-16(26-18)14-23-11-8-20-15-23;/h4-8,11,15H,1-3,9-10,12-14H2;1H. The fourth-order valence-electron chi connectivity index (χ4n) is 3.32. The summed E-state index contributed by atoms with van der Waals surface area (Å²) in [5.41, 5.74) is 0.839. The van der Waals surface area contributed by atoms with E-state index in [0.717, 1.165) is 36.8 Å². The Kier molecular flexibility index (Phi) is 6.82. The Bertz CT molecular complexity index is 899. The molecule has 0 amide bonds. The van der Waals surface area contributed by atoms with E-state index in [1.807, 2.05) is 23.2 Å². The number of aromatic nitrogens is 4. The monoisotopic (exact) mass is 405 g/mol. The van der Waals surface area contributed by atoms with Gasteiger partial charge in [-0.3, -0.25) is 4.79 Å². The Morgan fingerprint density at radius 2 is 1.89 bits per heavy atom. The first-order valence-electron chi connectivity index (χ1n) is 9.13. The first-order chi connectivity index (χ1) is 12.8. The maximum absolute atomic E-state index is 12.2. The summed E-state index contributed by atoms with van der Waals surface area (Å²) >= 11 is 1.71. The van der Waals surface area contributed by atoms with Crippen LogP contribution in [0.25, 0.3) is 10.6 Å². The van der Waals surface area contributed by atoms with Gasteiger partial charge in [0, 0.05) is 29.9 Å². The maximum atomic E-state index is 12.2. The molecule has 3 aromatic rings. The number of piperidine rings is 1. The fraction of sp³-hybridized carbons (Fsp3) is 0.421. The third-order valence-electron chi connectivity index (χ3n) is 4.76. The molecule has 8 heteroatoms. The van der Waals surface area contributed by atoms with Crippen LogP contribution in [0.3, 0.4) is 0 Å². The summed E-state index contributed by atoms with van der Waals surface area (Å²) in [6.07, 6.45) is 9.41. The van der Waals surface area contributed by atoms with E-state index in [1.165, 1.54) is 24.1 Å². The molecular weight excluding hydrogens is 382 g/mol. The molecule has 0 aromatic carbocycles. The molecule has 0 atom stereocenters. The zero-order chi connectivity index (χ0) is 17.8. The summed E-state index contributed by atoms with van der Waals surface area (Å²) in [7, 11) is 0. The van der Waals surface area contributed by atoms with Crippen LogP contribution in [0, 0.1) is 0 Å². The molecule has 1 aliphatic heterocycles. The van der Waals surface area contributed by atoms with E-state index >= 15 is 0 Å². The lowest BCUT2D eigenvalue weighted by molar-refractivity contribution is 0.216. The minimum atomic E-state index is -0.0269.